The molecule has 0 aliphatic carbocycles. The van der Waals surface area contributed by atoms with Crippen LogP contribution in [0, 0.1) is 0 Å². The van der Waals surface area contributed by atoms with E-state index in [1.165, 1.54) is 10.8 Å². The van der Waals surface area contributed by atoms with Crippen molar-refractivity contribution >= 4 is 10.0 Å². The molecule has 0 saturated carbocycles. The van der Waals surface area contributed by atoms with Crippen molar-refractivity contribution in [3.63, 3.8) is 0 Å². The van der Waals surface area contributed by atoms with Crippen LogP contribution >= 0.6 is 0 Å². The van der Waals surface area contributed by atoms with E-state index < -0.39 is 16.7 Å². The quantitative estimate of drug-likeness (QED) is 0.831. The second kappa shape index (κ2) is 4.28. The van der Waals surface area contributed by atoms with Gasteiger partial charge in [-0.3, -0.25) is 0 Å². The predicted octanol–water partition coefficient (Wildman–Crippen LogP) is 0.623. The van der Waals surface area contributed by atoms with Crippen LogP contribution in [0.4, 0.5) is 4.39 Å². The second-order valence-corrected chi connectivity index (χ2v) is 5.03. The highest BCUT2D eigenvalue weighted by atomic mass is 32.2. The minimum atomic E-state index is -3.81. The van der Waals surface area contributed by atoms with E-state index in [4.69, 9.17) is 5.14 Å². The molecule has 0 fully saturated rings. The number of halogens is 1. The molecular weight excluding hydrogens is 221 g/mol. The normalized spacial score (nSPS) is 12.3. The topological polar surface area (TPSA) is 78.0 Å². The Labute approximate surface area is 88.2 Å². The Kier molecular flexibility index (Phi) is 3.46. The lowest BCUT2D eigenvalue weighted by Gasteiger charge is -2.06. The zero-order valence-electron chi connectivity index (χ0n) is 8.64. The fraction of sp³-hybridized carbons (Fsp3) is 0.625. The van der Waals surface area contributed by atoms with Gasteiger partial charge in [-0.1, -0.05) is 13.8 Å². The summed E-state index contributed by atoms with van der Waals surface area (Å²) in [6, 6.07) is 0. The first-order valence-corrected chi connectivity index (χ1v) is 6.06. The maximum Gasteiger partial charge on any atom is 0.257 e. The largest absolute Gasteiger partial charge is 0.331 e. The van der Waals surface area contributed by atoms with E-state index in [-0.39, 0.29) is 17.5 Å². The van der Waals surface area contributed by atoms with Gasteiger partial charge in [0, 0.05) is 12.1 Å². The fourth-order valence-corrected chi connectivity index (χ4v) is 1.77. The van der Waals surface area contributed by atoms with Gasteiger partial charge in [0.15, 0.2) is 5.03 Å². The molecule has 2 N–H and O–H groups in total. The lowest BCUT2D eigenvalue weighted by atomic mass is 10.2. The van der Waals surface area contributed by atoms with Gasteiger partial charge < -0.3 is 4.57 Å². The Hall–Kier alpha value is -0.950. The van der Waals surface area contributed by atoms with Crippen LogP contribution in [-0.2, 0) is 16.6 Å². The molecule has 0 aliphatic rings. The van der Waals surface area contributed by atoms with E-state index in [1.807, 2.05) is 13.8 Å². The Morgan fingerprint density at radius 2 is 2.20 bits per heavy atom. The van der Waals surface area contributed by atoms with Crippen molar-refractivity contribution in [2.75, 3.05) is 6.67 Å². The summed E-state index contributed by atoms with van der Waals surface area (Å²) in [6.45, 7) is 3.23. The highest BCUT2D eigenvalue weighted by Crippen LogP contribution is 2.16. The zero-order chi connectivity index (χ0) is 11.6. The summed E-state index contributed by atoms with van der Waals surface area (Å²) in [6.07, 6.45) is 1.27. The molecule has 0 radical (unpaired) electrons. The summed E-state index contributed by atoms with van der Waals surface area (Å²) < 4.78 is 35.7. The minimum Gasteiger partial charge on any atom is -0.331 e. The fourth-order valence-electron chi connectivity index (χ4n) is 1.27. The molecule has 15 heavy (non-hydrogen) atoms. The summed E-state index contributed by atoms with van der Waals surface area (Å²) in [5.74, 6) is 0.545. The Bertz CT molecular complexity index is 439. The van der Waals surface area contributed by atoms with Gasteiger partial charge in [-0.25, -0.2) is 22.9 Å². The van der Waals surface area contributed by atoms with E-state index in [1.54, 1.807) is 0 Å². The van der Waals surface area contributed by atoms with Gasteiger partial charge in [-0.2, -0.15) is 0 Å². The number of sulfonamides is 1. The van der Waals surface area contributed by atoms with Crippen LogP contribution in [0.3, 0.4) is 0 Å². The third-order valence-electron chi connectivity index (χ3n) is 1.92. The van der Waals surface area contributed by atoms with Gasteiger partial charge in [0.1, 0.15) is 12.5 Å². The van der Waals surface area contributed by atoms with Crippen LogP contribution in [-0.4, -0.2) is 24.6 Å². The predicted molar refractivity (Wildman–Crippen MR) is 53.7 cm³/mol. The van der Waals surface area contributed by atoms with Crippen molar-refractivity contribution in [3.05, 3.63) is 12.0 Å². The molecule has 1 aromatic heterocycles. The average Bonchev–Trinajstić information content (AvgIpc) is 2.48. The summed E-state index contributed by atoms with van der Waals surface area (Å²) >= 11 is 0. The second-order valence-electron chi connectivity index (χ2n) is 3.52. The van der Waals surface area contributed by atoms with Crippen molar-refractivity contribution in [3.8, 4) is 0 Å². The molecule has 0 spiro atoms. The summed E-state index contributed by atoms with van der Waals surface area (Å²) in [7, 11) is -3.81. The number of alkyl halides is 1. The molecule has 7 heteroatoms. The summed E-state index contributed by atoms with van der Waals surface area (Å²) in [4.78, 5) is 3.88. The van der Waals surface area contributed by atoms with Crippen LogP contribution in [0.5, 0.6) is 0 Å². The highest BCUT2D eigenvalue weighted by molar-refractivity contribution is 7.89. The van der Waals surface area contributed by atoms with Crippen LogP contribution in [0.25, 0.3) is 0 Å². The number of aryl methyl sites for hydroxylation is 1. The molecular formula is C8H14FN3O2S. The van der Waals surface area contributed by atoms with Crippen molar-refractivity contribution in [1.29, 1.82) is 0 Å². The molecule has 0 amide bonds. The van der Waals surface area contributed by atoms with Gasteiger partial charge in [-0.05, 0) is 0 Å². The Morgan fingerprint density at radius 3 is 2.60 bits per heavy atom. The van der Waals surface area contributed by atoms with Gasteiger partial charge in [0.25, 0.3) is 10.0 Å². The third kappa shape index (κ3) is 2.75. The smallest absolute Gasteiger partial charge is 0.257 e. The monoisotopic (exact) mass is 235 g/mol. The molecule has 5 nitrogen and oxygen atoms in total. The summed E-state index contributed by atoms with van der Waals surface area (Å²) in [5.41, 5.74) is 0. The maximum atomic E-state index is 12.2. The minimum absolute atomic E-state index is 0.0204. The number of hydrogen-bond acceptors (Lipinski definition) is 3. The van der Waals surface area contributed by atoms with Crippen molar-refractivity contribution in [2.45, 2.75) is 31.3 Å². The number of rotatable bonds is 4. The van der Waals surface area contributed by atoms with E-state index >= 15 is 0 Å². The van der Waals surface area contributed by atoms with E-state index in [2.05, 4.69) is 4.98 Å². The van der Waals surface area contributed by atoms with Gasteiger partial charge in [0.05, 0.1) is 6.54 Å². The maximum absolute atomic E-state index is 12.2. The average molecular weight is 235 g/mol. The van der Waals surface area contributed by atoms with Crippen molar-refractivity contribution < 1.29 is 12.8 Å². The van der Waals surface area contributed by atoms with Crippen molar-refractivity contribution in [1.82, 2.24) is 9.55 Å². The van der Waals surface area contributed by atoms with Gasteiger partial charge in [0.2, 0.25) is 0 Å². The molecule has 0 atom stereocenters. The van der Waals surface area contributed by atoms with Crippen LogP contribution in [0.15, 0.2) is 11.2 Å². The SMILES string of the molecule is CC(C)c1nc(S(N)(=O)=O)cn1CCF. The lowest BCUT2D eigenvalue weighted by molar-refractivity contribution is 0.436. The Balaban J connectivity index is 3.21. The van der Waals surface area contributed by atoms with Crippen LogP contribution in [0.1, 0.15) is 25.6 Å². The molecule has 0 bridgehead atoms. The van der Waals surface area contributed by atoms with Crippen LogP contribution in [0.2, 0.25) is 0 Å². The van der Waals surface area contributed by atoms with Gasteiger partial charge >= 0.3 is 0 Å². The zero-order valence-corrected chi connectivity index (χ0v) is 9.46. The summed E-state index contributed by atoms with van der Waals surface area (Å²) in [5, 5.41) is 4.73. The Morgan fingerprint density at radius 1 is 1.60 bits per heavy atom. The number of hydrogen-bond donors (Lipinski definition) is 1. The van der Waals surface area contributed by atoms with Crippen LogP contribution < -0.4 is 5.14 Å². The highest BCUT2D eigenvalue weighted by Gasteiger charge is 2.17. The van der Waals surface area contributed by atoms with Gasteiger partial charge in [-0.15, -0.1) is 0 Å². The number of nitrogens with zero attached hydrogens (tertiary/aromatic N) is 2. The molecule has 0 aromatic carbocycles. The first-order valence-electron chi connectivity index (χ1n) is 4.52. The lowest BCUT2D eigenvalue weighted by Crippen LogP contribution is -2.12. The number of imidazole rings is 1. The molecule has 1 aromatic rings. The third-order valence-corrected chi connectivity index (χ3v) is 2.70. The van der Waals surface area contributed by atoms with E-state index in [9.17, 15) is 12.8 Å². The van der Waals surface area contributed by atoms with Crippen molar-refractivity contribution in [2.24, 2.45) is 5.14 Å². The molecule has 86 valence electrons. The molecule has 0 aliphatic heterocycles. The molecule has 0 unspecified atom stereocenters. The van der Waals surface area contributed by atoms with E-state index in [0.29, 0.717) is 5.82 Å². The molecule has 1 heterocycles. The number of nitrogens with two attached hydrogens (primary N) is 1. The number of aromatic nitrogens is 2. The molecule has 1 rings (SSSR count). The molecule has 0 saturated heterocycles. The first kappa shape index (κ1) is 12.1. The standard InChI is InChI=1S/C8H14FN3O2S/c1-6(2)8-11-7(15(10,13)14)5-12(8)4-3-9/h5-6H,3-4H2,1-2H3,(H2,10,13,14). The number of primary sulfonamides is 1. The van der Waals surface area contributed by atoms with E-state index in [0.717, 1.165) is 0 Å². The first-order chi connectivity index (χ1) is 6.86.